The van der Waals surface area contributed by atoms with Crippen molar-refractivity contribution >= 4 is 34.8 Å². The van der Waals surface area contributed by atoms with Gasteiger partial charge in [-0.05, 0) is 81.3 Å². The van der Waals surface area contributed by atoms with Crippen LogP contribution >= 0.6 is 0 Å². The SMILES string of the molecule is CC(=O)Nc1cc(C)cc(C)c1O.CCCCC(CC)C(=O)Nc1cc(C)cc(NC(=O)C(CC)CCCC)c1O. The predicted octanol–water partition coefficient (Wildman–Crippen LogP) is 7.98. The molecule has 2 rings (SSSR count). The third kappa shape index (κ3) is 11.8. The number of aromatic hydroxyl groups is 2. The molecular weight excluding hydrogens is 518 g/mol. The fraction of sp³-hybridized carbons (Fsp3) is 0.545. The van der Waals surface area contributed by atoms with Crippen molar-refractivity contribution in [2.24, 2.45) is 11.8 Å². The highest BCUT2D eigenvalue weighted by atomic mass is 16.3. The van der Waals surface area contributed by atoms with Crippen LogP contribution in [0.1, 0.15) is 103 Å². The number of amides is 3. The van der Waals surface area contributed by atoms with Crippen LogP contribution in [0.3, 0.4) is 0 Å². The molecule has 228 valence electrons. The van der Waals surface area contributed by atoms with Crippen molar-refractivity contribution in [1.29, 1.82) is 0 Å². The number of anilines is 3. The third-order valence-corrected chi connectivity index (χ3v) is 7.06. The summed E-state index contributed by atoms with van der Waals surface area (Å²) in [6, 6.07) is 7.08. The zero-order valence-electron chi connectivity index (χ0n) is 26.2. The lowest BCUT2D eigenvalue weighted by molar-refractivity contribution is -0.120. The molecule has 0 bridgehead atoms. The van der Waals surface area contributed by atoms with Crippen molar-refractivity contribution in [2.75, 3.05) is 16.0 Å². The largest absolute Gasteiger partial charge is 0.505 e. The van der Waals surface area contributed by atoms with E-state index < -0.39 is 0 Å². The molecule has 8 heteroatoms. The Labute approximate surface area is 246 Å². The summed E-state index contributed by atoms with van der Waals surface area (Å²) in [7, 11) is 0. The van der Waals surface area contributed by atoms with Crippen molar-refractivity contribution in [3.8, 4) is 11.5 Å². The Hall–Kier alpha value is -3.55. The first-order valence-electron chi connectivity index (χ1n) is 14.9. The number of benzene rings is 2. The molecule has 2 aromatic rings. The Bertz CT molecular complexity index is 1110. The van der Waals surface area contributed by atoms with E-state index in [1.165, 1.54) is 6.92 Å². The summed E-state index contributed by atoms with van der Waals surface area (Å²) in [5, 5.41) is 28.5. The quantitative estimate of drug-likeness (QED) is 0.156. The summed E-state index contributed by atoms with van der Waals surface area (Å²) >= 11 is 0. The van der Waals surface area contributed by atoms with Gasteiger partial charge in [-0.3, -0.25) is 14.4 Å². The fourth-order valence-electron chi connectivity index (χ4n) is 4.63. The molecule has 0 radical (unpaired) electrons. The molecule has 0 fully saturated rings. The standard InChI is InChI=1S/C23H38N2O3.C10H13NO2/c1-6-10-12-17(8-3)22(27)24-19-14-16(5)15-20(21(19)26)25-23(28)18(9-4)13-11-7-2;1-6-4-7(2)10(13)9(5-6)11-8(3)12/h14-15,17-18,26H,6-13H2,1-5H3,(H,24,27)(H,25,28);4-5,13H,1-3H3,(H,11,12). The fourth-order valence-corrected chi connectivity index (χ4v) is 4.63. The van der Waals surface area contributed by atoms with Crippen LogP contribution in [0.5, 0.6) is 11.5 Å². The Morgan fingerprint density at radius 2 is 1.05 bits per heavy atom. The molecule has 0 aliphatic heterocycles. The van der Waals surface area contributed by atoms with Crippen molar-refractivity contribution in [2.45, 2.75) is 107 Å². The minimum Gasteiger partial charge on any atom is -0.505 e. The number of hydrogen-bond acceptors (Lipinski definition) is 5. The number of phenols is 2. The maximum Gasteiger partial charge on any atom is 0.227 e. The molecule has 8 nitrogen and oxygen atoms in total. The summed E-state index contributed by atoms with van der Waals surface area (Å²) < 4.78 is 0. The summed E-state index contributed by atoms with van der Waals surface area (Å²) in [5.74, 6) is -0.427. The molecule has 0 aromatic heterocycles. The average Bonchev–Trinajstić information content (AvgIpc) is 2.90. The van der Waals surface area contributed by atoms with Crippen LogP contribution < -0.4 is 16.0 Å². The molecular formula is C33H51N3O5. The zero-order chi connectivity index (χ0) is 31.1. The van der Waals surface area contributed by atoms with Gasteiger partial charge in [-0.15, -0.1) is 0 Å². The number of unbranched alkanes of at least 4 members (excludes halogenated alkanes) is 2. The second-order valence-corrected chi connectivity index (χ2v) is 10.8. The van der Waals surface area contributed by atoms with Crippen molar-refractivity contribution in [3.63, 3.8) is 0 Å². The first-order chi connectivity index (χ1) is 19.4. The number of aryl methyl sites for hydroxylation is 3. The van der Waals surface area contributed by atoms with E-state index in [1.54, 1.807) is 25.1 Å². The van der Waals surface area contributed by atoms with Crippen molar-refractivity contribution in [3.05, 3.63) is 41.0 Å². The third-order valence-electron chi connectivity index (χ3n) is 7.06. The molecule has 3 amide bonds. The highest BCUT2D eigenvalue weighted by Gasteiger charge is 2.21. The van der Waals surface area contributed by atoms with Gasteiger partial charge < -0.3 is 26.2 Å². The van der Waals surface area contributed by atoms with E-state index >= 15 is 0 Å². The maximum absolute atomic E-state index is 12.6. The van der Waals surface area contributed by atoms with Gasteiger partial charge in [0.25, 0.3) is 0 Å². The van der Waals surface area contributed by atoms with Gasteiger partial charge in [0, 0.05) is 18.8 Å². The van der Waals surface area contributed by atoms with Crippen LogP contribution in [-0.2, 0) is 14.4 Å². The van der Waals surface area contributed by atoms with E-state index in [0.29, 0.717) is 17.1 Å². The van der Waals surface area contributed by atoms with Gasteiger partial charge in [-0.1, -0.05) is 59.4 Å². The van der Waals surface area contributed by atoms with Crippen LogP contribution in [0.4, 0.5) is 17.1 Å². The molecule has 41 heavy (non-hydrogen) atoms. The van der Waals surface area contributed by atoms with Gasteiger partial charge in [0.1, 0.15) is 5.75 Å². The van der Waals surface area contributed by atoms with Gasteiger partial charge in [-0.2, -0.15) is 0 Å². The van der Waals surface area contributed by atoms with Crippen LogP contribution in [0.2, 0.25) is 0 Å². The lowest BCUT2D eigenvalue weighted by Crippen LogP contribution is -2.24. The molecule has 0 aliphatic rings. The van der Waals surface area contributed by atoms with Crippen molar-refractivity contribution < 1.29 is 24.6 Å². The van der Waals surface area contributed by atoms with Crippen LogP contribution in [0.25, 0.3) is 0 Å². The molecule has 2 atom stereocenters. The van der Waals surface area contributed by atoms with E-state index in [0.717, 1.165) is 68.1 Å². The van der Waals surface area contributed by atoms with Gasteiger partial charge in [-0.25, -0.2) is 0 Å². The topological polar surface area (TPSA) is 128 Å². The summed E-state index contributed by atoms with van der Waals surface area (Å²) in [5.41, 5.74) is 3.84. The van der Waals surface area contributed by atoms with E-state index in [2.05, 4.69) is 29.8 Å². The van der Waals surface area contributed by atoms with E-state index in [4.69, 9.17) is 0 Å². The molecule has 0 spiro atoms. The molecule has 2 aromatic carbocycles. The Kier molecular flexibility index (Phi) is 15.6. The molecule has 0 saturated heterocycles. The minimum absolute atomic E-state index is 0.0728. The van der Waals surface area contributed by atoms with Crippen molar-refractivity contribution in [1.82, 2.24) is 0 Å². The van der Waals surface area contributed by atoms with E-state index in [-0.39, 0.29) is 41.1 Å². The van der Waals surface area contributed by atoms with Crippen LogP contribution in [0.15, 0.2) is 24.3 Å². The summed E-state index contributed by atoms with van der Waals surface area (Å²) in [6.07, 6.45) is 7.30. The number of carbonyl (C=O) groups is 3. The number of rotatable bonds is 13. The number of phenolic OH excluding ortho intramolecular Hbond substituents is 2. The highest BCUT2D eigenvalue weighted by Crippen LogP contribution is 2.35. The number of carbonyl (C=O) groups excluding carboxylic acids is 3. The summed E-state index contributed by atoms with van der Waals surface area (Å²) in [6.45, 7) is 15.2. The molecule has 0 heterocycles. The summed E-state index contributed by atoms with van der Waals surface area (Å²) in [4.78, 5) is 36.0. The lowest BCUT2D eigenvalue weighted by atomic mass is 9.98. The minimum atomic E-state index is -0.180. The van der Waals surface area contributed by atoms with E-state index in [1.807, 2.05) is 33.8 Å². The average molecular weight is 570 g/mol. The number of hydrogen-bond donors (Lipinski definition) is 5. The zero-order valence-corrected chi connectivity index (χ0v) is 26.2. The van der Waals surface area contributed by atoms with Gasteiger partial charge in [0.2, 0.25) is 17.7 Å². The normalized spacial score (nSPS) is 12.0. The Morgan fingerprint density at radius 1 is 0.659 bits per heavy atom. The monoisotopic (exact) mass is 569 g/mol. The Morgan fingerprint density at radius 3 is 1.41 bits per heavy atom. The molecule has 5 N–H and O–H groups in total. The Balaban J connectivity index is 0.000000537. The van der Waals surface area contributed by atoms with Gasteiger partial charge >= 0.3 is 0 Å². The van der Waals surface area contributed by atoms with Crippen LogP contribution in [-0.4, -0.2) is 27.9 Å². The lowest BCUT2D eigenvalue weighted by Gasteiger charge is -2.19. The number of nitrogens with one attached hydrogen (secondary N) is 3. The van der Waals surface area contributed by atoms with Gasteiger partial charge in [0.05, 0.1) is 17.1 Å². The van der Waals surface area contributed by atoms with E-state index in [9.17, 15) is 24.6 Å². The first kappa shape index (κ1) is 35.5. The predicted molar refractivity (Wildman–Crippen MR) is 169 cm³/mol. The maximum atomic E-state index is 12.6. The second kappa shape index (κ2) is 18.0. The van der Waals surface area contributed by atoms with Crippen LogP contribution in [0, 0.1) is 32.6 Å². The van der Waals surface area contributed by atoms with Gasteiger partial charge in [0.15, 0.2) is 5.75 Å². The first-order valence-corrected chi connectivity index (χ1v) is 14.9. The molecule has 2 unspecified atom stereocenters. The smallest absolute Gasteiger partial charge is 0.227 e. The second-order valence-electron chi connectivity index (χ2n) is 10.8. The molecule has 0 saturated carbocycles. The highest BCUT2D eigenvalue weighted by molar-refractivity contribution is 5.99. The molecule has 0 aliphatic carbocycles.